The molecular formula is C22H29N3O3. The van der Waals surface area contributed by atoms with Crippen molar-refractivity contribution >= 4 is 5.91 Å². The molecule has 0 fully saturated rings. The molecule has 0 saturated heterocycles. The van der Waals surface area contributed by atoms with Gasteiger partial charge in [0, 0.05) is 30.8 Å². The van der Waals surface area contributed by atoms with E-state index in [4.69, 9.17) is 4.74 Å². The molecule has 3 rings (SSSR count). The summed E-state index contributed by atoms with van der Waals surface area (Å²) in [5, 5.41) is 9.70. The highest BCUT2D eigenvalue weighted by Crippen LogP contribution is 2.30. The van der Waals surface area contributed by atoms with Crippen molar-refractivity contribution in [3.8, 4) is 17.0 Å². The van der Waals surface area contributed by atoms with Crippen molar-refractivity contribution in [2.24, 2.45) is 5.92 Å². The van der Waals surface area contributed by atoms with Gasteiger partial charge in [0.25, 0.3) is 5.91 Å². The average Bonchev–Trinajstić information content (AvgIpc) is 2.70. The Bertz CT molecular complexity index is 810. The first kappa shape index (κ1) is 20.3. The average molecular weight is 383 g/mol. The van der Waals surface area contributed by atoms with Crippen molar-refractivity contribution in [2.75, 3.05) is 33.8 Å². The number of carbonyl (C=O) groups is 1. The Morgan fingerprint density at radius 3 is 2.64 bits per heavy atom. The molecule has 0 aliphatic carbocycles. The number of hydrogen-bond donors (Lipinski definition) is 1. The number of hydrogen-bond acceptors (Lipinski definition) is 5. The molecule has 28 heavy (non-hydrogen) atoms. The first-order chi connectivity index (χ1) is 13.4. The summed E-state index contributed by atoms with van der Waals surface area (Å²) in [5.74, 6) is 0.305. The zero-order valence-electron chi connectivity index (χ0n) is 17.0. The lowest BCUT2D eigenvalue weighted by Gasteiger charge is -2.37. The summed E-state index contributed by atoms with van der Waals surface area (Å²) in [7, 11) is 4.00. The van der Waals surface area contributed by atoms with E-state index < -0.39 is 0 Å². The number of rotatable bonds is 5. The van der Waals surface area contributed by atoms with E-state index in [1.165, 1.54) is 0 Å². The monoisotopic (exact) mass is 383 g/mol. The Hall–Kier alpha value is -2.44. The number of ether oxygens (including phenoxy) is 1. The smallest absolute Gasteiger partial charge is 0.259 e. The van der Waals surface area contributed by atoms with E-state index in [1.807, 2.05) is 57.4 Å². The molecule has 2 heterocycles. The minimum Gasteiger partial charge on any atom is -0.472 e. The Morgan fingerprint density at radius 1 is 1.29 bits per heavy atom. The Morgan fingerprint density at radius 2 is 2.00 bits per heavy atom. The van der Waals surface area contributed by atoms with Gasteiger partial charge in [-0.15, -0.1) is 0 Å². The molecule has 0 saturated carbocycles. The molecule has 2 aromatic rings. The number of carbonyl (C=O) groups excluding carboxylic acids is 1. The SMILES string of the molecule is C[C@@H]1CN([C@H](C)CO)C(=O)c2cc(-c3ccccc3)cnc2O[C@@H]1CN(C)C. The number of amides is 1. The molecule has 1 aliphatic rings. The summed E-state index contributed by atoms with van der Waals surface area (Å²) in [6, 6.07) is 11.4. The lowest BCUT2D eigenvalue weighted by molar-refractivity contribution is 0.0348. The van der Waals surface area contributed by atoms with Crippen molar-refractivity contribution in [3.63, 3.8) is 0 Å². The van der Waals surface area contributed by atoms with Crippen molar-refractivity contribution < 1.29 is 14.6 Å². The molecule has 0 unspecified atom stereocenters. The van der Waals surface area contributed by atoms with Crippen LogP contribution in [0.3, 0.4) is 0 Å². The van der Waals surface area contributed by atoms with Crippen LogP contribution in [0, 0.1) is 5.92 Å². The van der Waals surface area contributed by atoms with Gasteiger partial charge in [-0.2, -0.15) is 0 Å². The Kier molecular flexibility index (Phi) is 6.31. The van der Waals surface area contributed by atoms with Crippen molar-refractivity contribution in [3.05, 3.63) is 48.2 Å². The van der Waals surface area contributed by atoms with E-state index in [0.29, 0.717) is 18.0 Å². The predicted molar refractivity (Wildman–Crippen MR) is 109 cm³/mol. The summed E-state index contributed by atoms with van der Waals surface area (Å²) in [4.78, 5) is 21.7. The summed E-state index contributed by atoms with van der Waals surface area (Å²) in [6.45, 7) is 5.09. The second kappa shape index (κ2) is 8.71. The lowest BCUT2D eigenvalue weighted by atomic mass is 9.99. The van der Waals surface area contributed by atoms with E-state index >= 15 is 0 Å². The van der Waals surface area contributed by atoms with E-state index in [2.05, 4.69) is 16.8 Å². The van der Waals surface area contributed by atoms with Crippen LogP contribution < -0.4 is 4.74 Å². The van der Waals surface area contributed by atoms with Crippen LogP contribution in [0.1, 0.15) is 24.2 Å². The van der Waals surface area contributed by atoms with E-state index in [0.717, 1.165) is 17.7 Å². The maximum Gasteiger partial charge on any atom is 0.259 e. The van der Waals surface area contributed by atoms with Crippen molar-refractivity contribution in [1.29, 1.82) is 0 Å². The highest BCUT2D eigenvalue weighted by atomic mass is 16.5. The highest BCUT2D eigenvalue weighted by molar-refractivity contribution is 5.98. The first-order valence-electron chi connectivity index (χ1n) is 9.69. The third-order valence-electron chi connectivity index (χ3n) is 5.17. The molecular weight excluding hydrogens is 354 g/mol. The third-order valence-corrected chi connectivity index (χ3v) is 5.17. The van der Waals surface area contributed by atoms with Gasteiger partial charge in [0.2, 0.25) is 5.88 Å². The lowest BCUT2D eigenvalue weighted by Crippen LogP contribution is -2.49. The minimum atomic E-state index is -0.277. The number of fused-ring (bicyclic) bond motifs is 1. The Balaban J connectivity index is 2.06. The quantitative estimate of drug-likeness (QED) is 0.860. The summed E-state index contributed by atoms with van der Waals surface area (Å²) >= 11 is 0. The standard InChI is InChI=1S/C22H29N3O3/c1-15-12-25(16(2)14-26)22(27)19-10-18(17-8-6-5-7-9-17)11-23-21(19)28-20(15)13-24(3)4/h5-11,15-16,20,26H,12-14H2,1-4H3/t15-,16-,20-/m1/s1. The number of aliphatic hydroxyl groups excluding tert-OH is 1. The molecule has 1 amide bonds. The maximum atomic E-state index is 13.3. The van der Waals surface area contributed by atoms with Crippen LogP contribution in [0.2, 0.25) is 0 Å². The van der Waals surface area contributed by atoms with Gasteiger partial charge >= 0.3 is 0 Å². The van der Waals surface area contributed by atoms with Gasteiger partial charge in [-0.05, 0) is 32.6 Å². The Labute approximate surface area is 166 Å². The van der Waals surface area contributed by atoms with E-state index in [1.54, 1.807) is 11.1 Å². The maximum absolute atomic E-state index is 13.3. The van der Waals surface area contributed by atoms with Crippen LogP contribution in [-0.4, -0.2) is 71.7 Å². The number of aromatic nitrogens is 1. The van der Waals surface area contributed by atoms with Gasteiger partial charge in [0.05, 0.1) is 12.6 Å². The van der Waals surface area contributed by atoms with Gasteiger partial charge in [-0.1, -0.05) is 37.3 Å². The number of nitrogens with zero attached hydrogens (tertiary/aromatic N) is 3. The zero-order chi connectivity index (χ0) is 20.3. The van der Waals surface area contributed by atoms with Crippen LogP contribution in [0.15, 0.2) is 42.6 Å². The third kappa shape index (κ3) is 4.34. The fourth-order valence-corrected chi connectivity index (χ4v) is 3.47. The molecule has 6 heteroatoms. The molecule has 6 nitrogen and oxygen atoms in total. The molecule has 1 aromatic carbocycles. The topological polar surface area (TPSA) is 65.9 Å². The van der Waals surface area contributed by atoms with Crippen LogP contribution in [0.5, 0.6) is 5.88 Å². The van der Waals surface area contributed by atoms with Gasteiger partial charge in [0.1, 0.15) is 11.7 Å². The normalized spacial score (nSPS) is 20.9. The van der Waals surface area contributed by atoms with Crippen LogP contribution in [-0.2, 0) is 0 Å². The summed E-state index contributed by atoms with van der Waals surface area (Å²) in [5.41, 5.74) is 2.30. The molecule has 150 valence electrons. The van der Waals surface area contributed by atoms with Gasteiger partial charge < -0.3 is 19.6 Å². The van der Waals surface area contributed by atoms with E-state index in [9.17, 15) is 9.90 Å². The molecule has 0 bridgehead atoms. The van der Waals surface area contributed by atoms with Gasteiger partial charge in [-0.25, -0.2) is 4.98 Å². The summed E-state index contributed by atoms with van der Waals surface area (Å²) in [6.07, 6.45) is 1.64. The number of benzene rings is 1. The fraction of sp³-hybridized carbons (Fsp3) is 0.455. The van der Waals surface area contributed by atoms with Crippen molar-refractivity contribution in [2.45, 2.75) is 26.0 Å². The summed E-state index contributed by atoms with van der Waals surface area (Å²) < 4.78 is 6.22. The molecule has 1 aromatic heterocycles. The van der Waals surface area contributed by atoms with Crippen LogP contribution in [0.4, 0.5) is 0 Å². The van der Waals surface area contributed by atoms with Gasteiger partial charge in [-0.3, -0.25) is 4.79 Å². The predicted octanol–water partition coefficient (Wildman–Crippen LogP) is 2.53. The molecule has 3 atom stereocenters. The highest BCUT2D eigenvalue weighted by Gasteiger charge is 2.33. The molecule has 0 spiro atoms. The van der Waals surface area contributed by atoms with Gasteiger partial charge in [0.15, 0.2) is 0 Å². The first-order valence-corrected chi connectivity index (χ1v) is 9.69. The fourth-order valence-electron chi connectivity index (χ4n) is 3.47. The molecule has 0 radical (unpaired) electrons. The second-order valence-corrected chi connectivity index (χ2v) is 7.83. The minimum absolute atomic E-state index is 0.0845. The number of likely N-dealkylation sites (N-methyl/N-ethyl adjacent to an activating group) is 1. The van der Waals surface area contributed by atoms with E-state index in [-0.39, 0.29) is 30.6 Å². The van der Waals surface area contributed by atoms with Crippen LogP contribution >= 0.6 is 0 Å². The largest absolute Gasteiger partial charge is 0.472 e. The molecule has 1 N–H and O–H groups in total. The zero-order valence-corrected chi connectivity index (χ0v) is 17.0. The molecule has 1 aliphatic heterocycles. The van der Waals surface area contributed by atoms with Crippen LogP contribution in [0.25, 0.3) is 11.1 Å². The van der Waals surface area contributed by atoms with Crippen molar-refractivity contribution in [1.82, 2.24) is 14.8 Å². The number of pyridine rings is 1. The second-order valence-electron chi connectivity index (χ2n) is 7.83. The number of aliphatic hydroxyl groups is 1.